The van der Waals surface area contributed by atoms with Crippen LogP contribution in [0.15, 0.2) is 0 Å². The van der Waals surface area contributed by atoms with Gasteiger partial charge in [0.05, 0.1) is 0 Å². The molecule has 10 heavy (non-hydrogen) atoms. The minimum atomic E-state index is -0.822. The fraction of sp³-hybridized carbons (Fsp3) is 0.833. The summed E-state index contributed by atoms with van der Waals surface area (Å²) in [6.45, 7) is 0.631. The number of unbranched alkanes of at least 4 members (excludes halogenated alkanes) is 1. The first-order chi connectivity index (χ1) is 4.68. The molecule has 4 nitrogen and oxygen atoms in total. The van der Waals surface area contributed by atoms with E-state index in [0.29, 0.717) is 13.0 Å². The maximum absolute atomic E-state index is 10.2. The molecule has 0 saturated heterocycles. The van der Waals surface area contributed by atoms with E-state index in [2.05, 4.69) is 5.73 Å². The highest BCUT2D eigenvalue weighted by molar-refractivity contribution is 5.71. The second kappa shape index (κ2) is 5.20. The van der Waals surface area contributed by atoms with Crippen LogP contribution in [0.3, 0.4) is 0 Å². The molecule has 1 unspecified atom stereocenters. The molecular weight excluding hydrogens is 132 g/mol. The second-order valence-electron chi connectivity index (χ2n) is 2.32. The van der Waals surface area contributed by atoms with Crippen LogP contribution < -0.4 is 11.5 Å². The molecule has 0 bridgehead atoms. The molecule has 1 atom stereocenters. The van der Waals surface area contributed by atoms with E-state index in [1.807, 2.05) is 0 Å². The maximum Gasteiger partial charge on any atom is 0.362 e. The molecule has 0 spiro atoms. The Hall–Kier alpha value is -0.610. The van der Waals surface area contributed by atoms with E-state index >= 15 is 0 Å². The van der Waals surface area contributed by atoms with Gasteiger partial charge in [-0.15, -0.1) is 0 Å². The van der Waals surface area contributed by atoms with Gasteiger partial charge in [0.25, 0.3) is 0 Å². The fourth-order valence-corrected chi connectivity index (χ4v) is 0.659. The fourth-order valence-electron chi connectivity index (χ4n) is 0.659. The van der Waals surface area contributed by atoms with Gasteiger partial charge in [-0.05, 0) is 19.4 Å². The van der Waals surface area contributed by atoms with Crippen molar-refractivity contribution in [3.63, 3.8) is 0 Å². The largest absolute Gasteiger partial charge is 0.477 e. The number of carboxylic acids is 1. The molecule has 0 radical (unpaired) electrons. The normalized spacial score (nSPS) is 13.0. The van der Waals surface area contributed by atoms with Crippen LogP contribution in [0.1, 0.15) is 19.3 Å². The highest BCUT2D eigenvalue weighted by atomic mass is 16.4. The minimum absolute atomic E-state index is 0.466. The molecule has 0 aliphatic carbocycles. The van der Waals surface area contributed by atoms with Crippen LogP contribution in [0.5, 0.6) is 0 Å². The minimum Gasteiger partial charge on any atom is -0.477 e. The van der Waals surface area contributed by atoms with Crippen LogP contribution in [-0.2, 0) is 4.79 Å². The van der Waals surface area contributed by atoms with Crippen LogP contribution in [0.2, 0.25) is 0 Å². The Morgan fingerprint density at radius 2 is 2.20 bits per heavy atom. The number of carbonyl (C=O) groups is 1. The molecule has 0 aliphatic rings. The molecule has 0 aliphatic heterocycles. The van der Waals surface area contributed by atoms with Gasteiger partial charge in [0.1, 0.15) is 0 Å². The van der Waals surface area contributed by atoms with Gasteiger partial charge in [-0.25, -0.2) is 4.79 Å². The van der Waals surface area contributed by atoms with Crippen LogP contribution >= 0.6 is 0 Å². The summed E-state index contributed by atoms with van der Waals surface area (Å²) in [7, 11) is 0. The number of aliphatic carboxylic acids is 1. The van der Waals surface area contributed by atoms with E-state index in [9.17, 15) is 4.79 Å². The molecule has 6 N–H and O–H groups in total. The third-order valence-electron chi connectivity index (χ3n) is 1.36. The first-order valence-corrected chi connectivity index (χ1v) is 3.44. The lowest BCUT2D eigenvalue weighted by Gasteiger charge is -2.00. The van der Waals surface area contributed by atoms with Gasteiger partial charge in [0.15, 0.2) is 6.04 Å². The van der Waals surface area contributed by atoms with Crippen molar-refractivity contribution in [1.29, 1.82) is 0 Å². The number of rotatable bonds is 5. The summed E-state index contributed by atoms with van der Waals surface area (Å²) in [6, 6.07) is -0.466. The summed E-state index contributed by atoms with van der Waals surface area (Å²) in [4.78, 5) is 10.2. The van der Waals surface area contributed by atoms with Crippen molar-refractivity contribution < 1.29 is 15.6 Å². The Balaban J connectivity index is 3.21. The Labute approximate surface area is 60.2 Å². The van der Waals surface area contributed by atoms with Crippen LogP contribution in [0, 0.1) is 0 Å². The Kier molecular flexibility index (Phi) is 4.88. The molecule has 0 aromatic heterocycles. The van der Waals surface area contributed by atoms with Gasteiger partial charge in [-0.2, -0.15) is 0 Å². The Morgan fingerprint density at radius 3 is 2.60 bits per heavy atom. The summed E-state index contributed by atoms with van der Waals surface area (Å²) in [5.74, 6) is -0.822. The number of quaternary nitrogens is 1. The molecule has 0 rings (SSSR count). The van der Waals surface area contributed by atoms with Crippen LogP contribution in [0.25, 0.3) is 0 Å². The van der Waals surface area contributed by atoms with Crippen molar-refractivity contribution in [2.75, 3.05) is 6.54 Å². The van der Waals surface area contributed by atoms with Gasteiger partial charge < -0.3 is 16.6 Å². The molecule has 0 saturated carbocycles. The molecule has 0 fully saturated rings. The summed E-state index contributed by atoms with van der Waals surface area (Å²) >= 11 is 0. The lowest BCUT2D eigenvalue weighted by atomic mass is 10.1. The number of hydrogen-bond acceptors (Lipinski definition) is 2. The molecular formula is C6H15N2O2+. The lowest BCUT2D eigenvalue weighted by Crippen LogP contribution is -2.64. The predicted octanol–water partition coefficient (Wildman–Crippen LogP) is -1.19. The van der Waals surface area contributed by atoms with Crippen LogP contribution in [0.4, 0.5) is 0 Å². The first kappa shape index (κ1) is 9.39. The number of hydrogen-bond donors (Lipinski definition) is 3. The SMILES string of the molecule is NCCCCC([NH3+])C(=O)O. The zero-order chi connectivity index (χ0) is 7.98. The average Bonchev–Trinajstić information content (AvgIpc) is 1.88. The van der Waals surface area contributed by atoms with Crippen molar-refractivity contribution >= 4 is 5.97 Å². The summed E-state index contributed by atoms with van der Waals surface area (Å²) < 4.78 is 0. The van der Waals surface area contributed by atoms with E-state index in [-0.39, 0.29) is 0 Å². The Morgan fingerprint density at radius 1 is 1.60 bits per heavy atom. The van der Waals surface area contributed by atoms with E-state index in [0.717, 1.165) is 12.8 Å². The summed E-state index contributed by atoms with van der Waals surface area (Å²) in [6.07, 6.45) is 2.38. The third kappa shape index (κ3) is 4.29. The topological polar surface area (TPSA) is 91.0 Å². The number of nitrogens with two attached hydrogens (primary N) is 1. The van der Waals surface area contributed by atoms with Gasteiger partial charge >= 0.3 is 5.97 Å². The first-order valence-electron chi connectivity index (χ1n) is 3.44. The van der Waals surface area contributed by atoms with Crippen molar-refractivity contribution in [2.45, 2.75) is 25.3 Å². The lowest BCUT2D eigenvalue weighted by molar-refractivity contribution is -0.409. The number of carboxylic acid groups (broad SMARTS) is 1. The Bertz CT molecular complexity index is 106. The monoisotopic (exact) mass is 147 g/mol. The smallest absolute Gasteiger partial charge is 0.362 e. The van der Waals surface area contributed by atoms with E-state index in [4.69, 9.17) is 10.8 Å². The highest BCUT2D eigenvalue weighted by Gasteiger charge is 2.13. The molecule has 0 heterocycles. The van der Waals surface area contributed by atoms with Gasteiger partial charge in [0.2, 0.25) is 0 Å². The van der Waals surface area contributed by atoms with Crippen molar-refractivity contribution in [2.24, 2.45) is 5.73 Å². The van der Waals surface area contributed by atoms with E-state index in [1.54, 1.807) is 0 Å². The van der Waals surface area contributed by atoms with Crippen molar-refractivity contribution in [3.05, 3.63) is 0 Å². The van der Waals surface area contributed by atoms with Crippen LogP contribution in [-0.4, -0.2) is 23.7 Å². The summed E-state index contributed by atoms with van der Waals surface area (Å²) in [5.41, 5.74) is 8.69. The highest BCUT2D eigenvalue weighted by Crippen LogP contribution is 1.95. The maximum atomic E-state index is 10.2. The molecule has 0 amide bonds. The quantitative estimate of drug-likeness (QED) is 0.427. The van der Waals surface area contributed by atoms with Crippen molar-refractivity contribution in [3.8, 4) is 0 Å². The predicted molar refractivity (Wildman–Crippen MR) is 37.2 cm³/mol. The second-order valence-corrected chi connectivity index (χ2v) is 2.32. The molecule has 0 aromatic carbocycles. The van der Waals surface area contributed by atoms with Crippen molar-refractivity contribution in [1.82, 2.24) is 0 Å². The molecule has 0 aromatic rings. The third-order valence-corrected chi connectivity index (χ3v) is 1.36. The molecule has 60 valence electrons. The standard InChI is InChI=1S/C6H14N2O2/c7-4-2-1-3-5(8)6(9)10/h5H,1-4,7-8H2,(H,9,10)/p+1. The summed E-state index contributed by atoms with van der Waals surface area (Å²) in [5, 5.41) is 8.39. The zero-order valence-electron chi connectivity index (χ0n) is 6.05. The molecule has 4 heteroatoms. The van der Waals surface area contributed by atoms with Gasteiger partial charge in [-0.3, -0.25) is 0 Å². The van der Waals surface area contributed by atoms with Gasteiger partial charge in [-0.1, -0.05) is 0 Å². The van der Waals surface area contributed by atoms with E-state index < -0.39 is 12.0 Å². The average molecular weight is 147 g/mol. The zero-order valence-corrected chi connectivity index (χ0v) is 6.05. The van der Waals surface area contributed by atoms with Gasteiger partial charge in [0, 0.05) is 6.42 Å². The van der Waals surface area contributed by atoms with E-state index in [1.165, 1.54) is 0 Å².